The van der Waals surface area contributed by atoms with E-state index in [9.17, 15) is 4.79 Å². The van der Waals surface area contributed by atoms with E-state index in [0.29, 0.717) is 18.0 Å². The molecule has 0 aliphatic rings. The van der Waals surface area contributed by atoms with Gasteiger partial charge >= 0.3 is 0 Å². The van der Waals surface area contributed by atoms with Gasteiger partial charge in [-0.15, -0.1) is 0 Å². The van der Waals surface area contributed by atoms with Crippen molar-refractivity contribution in [1.82, 2.24) is 5.32 Å². The van der Waals surface area contributed by atoms with Gasteiger partial charge in [-0.2, -0.15) is 0 Å². The van der Waals surface area contributed by atoms with Crippen molar-refractivity contribution in [3.63, 3.8) is 0 Å². The molecule has 0 saturated heterocycles. The van der Waals surface area contributed by atoms with Gasteiger partial charge in [-0.3, -0.25) is 4.79 Å². The number of benzene rings is 1. The molecule has 0 spiro atoms. The fourth-order valence-electron chi connectivity index (χ4n) is 1.28. The molecule has 1 aromatic carbocycles. The highest BCUT2D eigenvalue weighted by Crippen LogP contribution is 2.24. The van der Waals surface area contributed by atoms with Gasteiger partial charge in [0.1, 0.15) is 0 Å². The first-order chi connectivity index (χ1) is 7.15. The van der Waals surface area contributed by atoms with E-state index in [1.54, 1.807) is 7.05 Å². The maximum atomic E-state index is 11.0. The topological polar surface area (TPSA) is 41.1 Å². The van der Waals surface area contributed by atoms with Crippen LogP contribution in [-0.4, -0.2) is 19.5 Å². The molecule has 1 amide bonds. The summed E-state index contributed by atoms with van der Waals surface area (Å²) in [5, 5.41) is 6.41. The highest BCUT2D eigenvalue weighted by atomic mass is 35.5. The Morgan fingerprint density at radius 1 is 1.47 bits per heavy atom. The lowest BCUT2D eigenvalue weighted by Gasteiger charge is -2.10. The van der Waals surface area contributed by atoms with Crippen molar-refractivity contribution < 1.29 is 4.79 Å². The molecule has 3 nitrogen and oxygen atoms in total. The number of aryl methyl sites for hydroxylation is 1. The normalized spacial score (nSPS) is 9.80. The molecular formula is C11H15ClN2O. The Bertz CT molecular complexity index is 332. The number of halogens is 1. The molecular weight excluding hydrogens is 212 g/mol. The van der Waals surface area contributed by atoms with E-state index in [2.05, 4.69) is 10.6 Å². The molecule has 15 heavy (non-hydrogen) atoms. The van der Waals surface area contributed by atoms with Crippen LogP contribution in [0.15, 0.2) is 18.2 Å². The average molecular weight is 227 g/mol. The van der Waals surface area contributed by atoms with Gasteiger partial charge in [0, 0.05) is 20.0 Å². The molecule has 0 heterocycles. The monoisotopic (exact) mass is 226 g/mol. The maximum Gasteiger partial charge on any atom is 0.221 e. The molecule has 0 saturated carbocycles. The van der Waals surface area contributed by atoms with E-state index in [1.165, 1.54) is 0 Å². The van der Waals surface area contributed by atoms with Crippen LogP contribution < -0.4 is 10.6 Å². The van der Waals surface area contributed by atoms with Gasteiger partial charge in [0.15, 0.2) is 0 Å². The summed E-state index contributed by atoms with van der Waals surface area (Å²) in [5.41, 5.74) is 1.99. The number of para-hydroxylation sites is 1. The van der Waals surface area contributed by atoms with Crippen LogP contribution in [0.25, 0.3) is 0 Å². The largest absolute Gasteiger partial charge is 0.383 e. The zero-order valence-corrected chi connectivity index (χ0v) is 9.69. The highest BCUT2D eigenvalue weighted by Gasteiger charge is 2.03. The molecule has 0 radical (unpaired) electrons. The number of nitrogens with one attached hydrogen (secondary N) is 2. The first kappa shape index (κ1) is 11.9. The summed E-state index contributed by atoms with van der Waals surface area (Å²) in [4.78, 5) is 11.0. The van der Waals surface area contributed by atoms with Crippen molar-refractivity contribution in [2.24, 2.45) is 0 Å². The molecule has 0 aliphatic heterocycles. The molecule has 0 atom stereocenters. The lowest BCUT2D eigenvalue weighted by molar-refractivity contribution is -0.120. The number of hydrogen-bond acceptors (Lipinski definition) is 2. The second-order valence-corrected chi connectivity index (χ2v) is 3.69. The van der Waals surface area contributed by atoms with E-state index in [0.717, 1.165) is 11.3 Å². The molecule has 0 aliphatic carbocycles. The van der Waals surface area contributed by atoms with Crippen molar-refractivity contribution >= 4 is 23.2 Å². The Labute approximate surface area is 94.8 Å². The molecule has 2 N–H and O–H groups in total. The first-order valence-corrected chi connectivity index (χ1v) is 5.22. The van der Waals surface area contributed by atoms with Crippen LogP contribution in [0, 0.1) is 6.92 Å². The summed E-state index contributed by atoms with van der Waals surface area (Å²) in [5.74, 6) is 0.0206. The Morgan fingerprint density at radius 3 is 2.80 bits per heavy atom. The fourth-order valence-corrected chi connectivity index (χ4v) is 1.57. The van der Waals surface area contributed by atoms with Gasteiger partial charge in [0.2, 0.25) is 5.91 Å². The predicted molar refractivity (Wildman–Crippen MR) is 63.4 cm³/mol. The van der Waals surface area contributed by atoms with Gasteiger partial charge in [0.05, 0.1) is 10.7 Å². The highest BCUT2D eigenvalue weighted by molar-refractivity contribution is 6.33. The van der Waals surface area contributed by atoms with Crippen molar-refractivity contribution in [1.29, 1.82) is 0 Å². The molecule has 1 rings (SSSR count). The van der Waals surface area contributed by atoms with E-state index in [-0.39, 0.29) is 5.91 Å². The third-order valence-corrected chi connectivity index (χ3v) is 2.47. The third kappa shape index (κ3) is 3.44. The number of rotatable bonds is 4. The molecule has 0 unspecified atom stereocenters. The summed E-state index contributed by atoms with van der Waals surface area (Å²) >= 11 is 6.02. The predicted octanol–water partition coefficient (Wildman–Crippen LogP) is 2.20. The quantitative estimate of drug-likeness (QED) is 0.827. The lowest BCUT2D eigenvalue weighted by Crippen LogP contribution is -2.21. The summed E-state index contributed by atoms with van der Waals surface area (Å²) in [6.07, 6.45) is 0.446. The zero-order valence-electron chi connectivity index (χ0n) is 8.93. The molecule has 0 bridgehead atoms. The van der Waals surface area contributed by atoms with Gasteiger partial charge < -0.3 is 10.6 Å². The molecule has 0 aromatic heterocycles. The SMILES string of the molecule is CNC(=O)CCNc1c(C)cccc1Cl. The number of anilines is 1. The Balaban J connectivity index is 2.54. The summed E-state index contributed by atoms with van der Waals surface area (Å²) in [6, 6.07) is 5.71. The Hall–Kier alpha value is -1.22. The van der Waals surface area contributed by atoms with Crippen LogP contribution in [0.2, 0.25) is 5.02 Å². The number of hydrogen-bond donors (Lipinski definition) is 2. The minimum atomic E-state index is 0.0206. The molecule has 4 heteroatoms. The van der Waals surface area contributed by atoms with Gasteiger partial charge in [-0.25, -0.2) is 0 Å². The van der Waals surface area contributed by atoms with Crippen LogP contribution in [0.1, 0.15) is 12.0 Å². The minimum absolute atomic E-state index is 0.0206. The second-order valence-electron chi connectivity index (χ2n) is 3.28. The summed E-state index contributed by atoms with van der Waals surface area (Å²) < 4.78 is 0. The van der Waals surface area contributed by atoms with Crippen molar-refractivity contribution in [2.75, 3.05) is 18.9 Å². The van der Waals surface area contributed by atoms with E-state index in [4.69, 9.17) is 11.6 Å². The summed E-state index contributed by atoms with van der Waals surface area (Å²) in [7, 11) is 1.63. The second kappa shape index (κ2) is 5.61. The maximum absolute atomic E-state index is 11.0. The minimum Gasteiger partial charge on any atom is -0.383 e. The molecule has 1 aromatic rings. The van der Waals surface area contributed by atoms with Crippen LogP contribution in [0.3, 0.4) is 0 Å². The average Bonchev–Trinajstić information content (AvgIpc) is 2.22. The fraction of sp³-hybridized carbons (Fsp3) is 0.364. The lowest BCUT2D eigenvalue weighted by atomic mass is 10.2. The van der Waals surface area contributed by atoms with Gasteiger partial charge in [0.25, 0.3) is 0 Å². The number of amides is 1. The third-order valence-electron chi connectivity index (χ3n) is 2.15. The standard InChI is InChI=1S/C11H15ClN2O/c1-8-4-3-5-9(12)11(8)14-7-6-10(15)13-2/h3-5,14H,6-7H2,1-2H3,(H,13,15). The Kier molecular flexibility index (Phi) is 4.43. The smallest absolute Gasteiger partial charge is 0.221 e. The number of carbonyl (C=O) groups excluding carboxylic acids is 1. The van der Waals surface area contributed by atoms with Crippen molar-refractivity contribution in [3.05, 3.63) is 28.8 Å². The van der Waals surface area contributed by atoms with E-state index in [1.807, 2.05) is 25.1 Å². The van der Waals surface area contributed by atoms with Crippen LogP contribution in [0.5, 0.6) is 0 Å². The van der Waals surface area contributed by atoms with Crippen LogP contribution >= 0.6 is 11.6 Å². The molecule has 0 fully saturated rings. The van der Waals surface area contributed by atoms with Crippen molar-refractivity contribution in [2.45, 2.75) is 13.3 Å². The zero-order chi connectivity index (χ0) is 11.3. The Morgan fingerprint density at radius 2 is 2.20 bits per heavy atom. The summed E-state index contributed by atoms with van der Waals surface area (Å²) in [6.45, 7) is 2.57. The van der Waals surface area contributed by atoms with Gasteiger partial charge in [-0.05, 0) is 18.6 Å². The number of carbonyl (C=O) groups is 1. The molecule has 82 valence electrons. The van der Waals surface area contributed by atoms with E-state index >= 15 is 0 Å². The van der Waals surface area contributed by atoms with Crippen molar-refractivity contribution in [3.8, 4) is 0 Å². The first-order valence-electron chi connectivity index (χ1n) is 4.84. The van der Waals surface area contributed by atoms with E-state index < -0.39 is 0 Å². The van der Waals surface area contributed by atoms with Crippen LogP contribution in [-0.2, 0) is 4.79 Å². The van der Waals surface area contributed by atoms with Crippen LogP contribution in [0.4, 0.5) is 5.69 Å². The van der Waals surface area contributed by atoms with Gasteiger partial charge in [-0.1, -0.05) is 23.7 Å².